The minimum atomic E-state index is -1.92. The van der Waals surface area contributed by atoms with Gasteiger partial charge in [0.15, 0.2) is 24.1 Å². The highest BCUT2D eigenvalue weighted by molar-refractivity contribution is 5.88. The number of rotatable bonds is 11. The Balaban J connectivity index is 1.18. The maximum atomic E-state index is 10.9. The summed E-state index contributed by atoms with van der Waals surface area (Å²) in [7, 11) is 1.31. The molecule has 0 saturated carbocycles. The number of hydrogen-bond donors (Lipinski definition) is 13. The van der Waals surface area contributed by atoms with Crippen LogP contribution in [0.15, 0.2) is 40.8 Å². The van der Waals surface area contributed by atoms with Crippen molar-refractivity contribution in [1.29, 1.82) is 0 Å². The van der Waals surface area contributed by atoms with Crippen molar-refractivity contribution in [1.82, 2.24) is 0 Å². The predicted molar refractivity (Wildman–Crippen MR) is 177 cm³/mol. The highest BCUT2D eigenvalue weighted by atomic mass is 16.7. The Morgan fingerprint density at radius 3 is 1.67 bits per heavy atom. The van der Waals surface area contributed by atoms with Crippen LogP contribution in [0.1, 0.15) is 0 Å². The number of fused-ring (bicyclic) bond motifs is 1. The molecular weight excluding hydrogens is 744 g/mol. The fourth-order valence-electron chi connectivity index (χ4n) is 6.34. The number of hydrogen-bond acceptors (Lipinski definition) is 20. The zero-order valence-electron chi connectivity index (χ0n) is 28.8. The van der Waals surface area contributed by atoms with Gasteiger partial charge in [-0.1, -0.05) is 0 Å². The molecular formula is C34H43O21+. The Morgan fingerprint density at radius 2 is 1.11 bits per heavy atom. The van der Waals surface area contributed by atoms with Gasteiger partial charge in [-0.2, -0.15) is 0 Å². The first-order valence-electron chi connectivity index (χ1n) is 16.9. The standard InChI is InChI=1S/C34H42O21/c1-48-17-4-11(2-3-14(17)37)31-18(7-13-15(38)5-12(36)6-16(13)51-31)52-34-30(47)27(44)24(41)21(55-34)10-50-33-29(46)26(43)23(40)20(54-33)9-49-32-28(45)25(42)22(39)19(8-35)53-32/h2-7,19-30,32-35,39-47H,8-10H2,1H3,(H2-,36,37,38)/p+1/t19?,20?,21?,22-,23-,24-,25+,26+,27?,28?,29?,30?,32-,33-,34-/m1/s1. The number of aliphatic hydroxyl groups excluding tert-OH is 10. The lowest BCUT2D eigenvalue weighted by Crippen LogP contribution is -2.63. The third-order valence-electron chi connectivity index (χ3n) is 9.54. The van der Waals surface area contributed by atoms with Crippen LogP contribution in [0.5, 0.6) is 28.7 Å². The van der Waals surface area contributed by atoms with E-state index in [1.54, 1.807) is 0 Å². The minimum absolute atomic E-state index is 0.00558. The van der Waals surface area contributed by atoms with Gasteiger partial charge in [-0.3, -0.25) is 0 Å². The van der Waals surface area contributed by atoms with E-state index in [0.717, 1.165) is 6.07 Å². The molecule has 6 rings (SSSR count). The van der Waals surface area contributed by atoms with Gasteiger partial charge in [0.05, 0.1) is 38.6 Å². The van der Waals surface area contributed by atoms with Crippen LogP contribution < -0.4 is 9.47 Å². The Morgan fingerprint density at radius 1 is 0.582 bits per heavy atom. The average molecular weight is 788 g/mol. The maximum absolute atomic E-state index is 10.9. The molecule has 1 aromatic heterocycles. The topological polar surface area (TPSA) is 339 Å². The van der Waals surface area contributed by atoms with Crippen molar-refractivity contribution in [3.05, 3.63) is 36.4 Å². The highest BCUT2D eigenvalue weighted by Crippen LogP contribution is 2.42. The molecule has 0 amide bonds. The van der Waals surface area contributed by atoms with E-state index in [-0.39, 0.29) is 45.3 Å². The van der Waals surface area contributed by atoms with Crippen molar-refractivity contribution >= 4 is 11.0 Å². The first-order chi connectivity index (χ1) is 26.1. The SMILES string of the molecule is COc1cc(-c2[o+]c3cc(O)cc(O)c3cc2O[C@@H]2OC(CO[C@@H]3OC(CO[C@@H]4OC(CO)[C@@H](O)[C@H](O)C4O)[C@@H](O)[C@H](O)C3O)[C@@H](O)C(O)C2O)ccc1O. The van der Waals surface area contributed by atoms with Crippen LogP contribution in [0.4, 0.5) is 0 Å². The highest BCUT2D eigenvalue weighted by Gasteiger charge is 2.50. The summed E-state index contributed by atoms with van der Waals surface area (Å²) in [6.07, 6.45) is -25.9. The van der Waals surface area contributed by atoms with Gasteiger partial charge in [-0.05, 0) is 12.1 Å². The smallest absolute Gasteiger partial charge is 0.402 e. The van der Waals surface area contributed by atoms with Crippen molar-refractivity contribution in [3.63, 3.8) is 0 Å². The second-order valence-corrected chi connectivity index (χ2v) is 13.2. The second kappa shape index (κ2) is 16.8. The van der Waals surface area contributed by atoms with Crippen LogP contribution in [0.25, 0.3) is 22.3 Å². The van der Waals surface area contributed by atoms with E-state index in [1.165, 1.54) is 37.4 Å². The van der Waals surface area contributed by atoms with E-state index < -0.39 is 118 Å². The Bertz CT molecular complexity index is 1780. The van der Waals surface area contributed by atoms with Crippen molar-refractivity contribution in [2.24, 2.45) is 0 Å². The molecule has 15 atom stereocenters. The van der Waals surface area contributed by atoms with Crippen LogP contribution in [0, 0.1) is 0 Å². The van der Waals surface area contributed by atoms with E-state index in [4.69, 9.17) is 37.6 Å². The molecule has 0 aliphatic carbocycles. The van der Waals surface area contributed by atoms with Crippen LogP contribution >= 0.6 is 0 Å². The number of phenolic OH excluding ortho intramolecular Hbond substituents is 3. The van der Waals surface area contributed by atoms with Crippen molar-refractivity contribution in [3.8, 4) is 40.1 Å². The zero-order chi connectivity index (χ0) is 39.9. The van der Waals surface area contributed by atoms with E-state index in [0.29, 0.717) is 0 Å². The van der Waals surface area contributed by atoms with E-state index in [9.17, 15) is 66.4 Å². The molecule has 21 nitrogen and oxygen atoms in total. The van der Waals surface area contributed by atoms with Gasteiger partial charge in [0.1, 0.15) is 90.1 Å². The lowest BCUT2D eigenvalue weighted by molar-refractivity contribution is -0.339. The monoisotopic (exact) mass is 787 g/mol. The molecule has 3 aliphatic rings. The quantitative estimate of drug-likeness (QED) is 0.0833. The number of ether oxygens (including phenoxy) is 7. The Labute approximate surface area is 310 Å². The van der Waals surface area contributed by atoms with Gasteiger partial charge >= 0.3 is 11.3 Å². The van der Waals surface area contributed by atoms with Gasteiger partial charge < -0.3 is 99.5 Å². The summed E-state index contributed by atoms with van der Waals surface area (Å²) in [4.78, 5) is 0. The molecule has 3 saturated heterocycles. The number of aromatic hydroxyl groups is 3. The molecule has 3 fully saturated rings. The van der Waals surface area contributed by atoms with E-state index in [2.05, 4.69) is 0 Å². The largest absolute Gasteiger partial charge is 0.507 e. The molecule has 304 valence electrons. The second-order valence-electron chi connectivity index (χ2n) is 13.2. The van der Waals surface area contributed by atoms with Crippen LogP contribution in [-0.4, -0.2) is 185 Å². The lowest BCUT2D eigenvalue weighted by Gasteiger charge is -2.43. The summed E-state index contributed by atoms with van der Waals surface area (Å²) in [6.45, 7) is -2.07. The predicted octanol–water partition coefficient (Wildman–Crippen LogP) is -3.67. The van der Waals surface area contributed by atoms with E-state index in [1.807, 2.05) is 0 Å². The Kier molecular flexibility index (Phi) is 12.5. The molecule has 13 N–H and O–H groups in total. The third-order valence-corrected chi connectivity index (χ3v) is 9.54. The first-order valence-corrected chi connectivity index (χ1v) is 16.9. The summed E-state index contributed by atoms with van der Waals surface area (Å²) in [5.41, 5.74) is 0.239. The molecule has 0 spiro atoms. The van der Waals surface area contributed by atoms with Gasteiger partial charge in [-0.15, -0.1) is 0 Å². The number of phenols is 3. The summed E-state index contributed by atoms with van der Waals surface area (Å²) >= 11 is 0. The van der Waals surface area contributed by atoms with Crippen molar-refractivity contribution < 1.29 is 104 Å². The van der Waals surface area contributed by atoms with Crippen LogP contribution in [-0.2, 0) is 23.7 Å². The van der Waals surface area contributed by atoms with E-state index >= 15 is 0 Å². The molecule has 4 heterocycles. The van der Waals surface area contributed by atoms with Gasteiger partial charge in [0.2, 0.25) is 12.0 Å². The van der Waals surface area contributed by atoms with Gasteiger partial charge in [0.25, 0.3) is 0 Å². The van der Waals surface area contributed by atoms with Gasteiger partial charge in [0, 0.05) is 18.2 Å². The molecule has 3 aromatic rings. The van der Waals surface area contributed by atoms with Crippen LogP contribution in [0.2, 0.25) is 0 Å². The normalized spacial score (nSPS) is 36.8. The zero-order valence-corrected chi connectivity index (χ0v) is 28.8. The molecule has 2 aromatic carbocycles. The molecule has 21 heteroatoms. The third kappa shape index (κ3) is 8.23. The van der Waals surface area contributed by atoms with Gasteiger partial charge in [-0.25, -0.2) is 4.42 Å². The Hall–Kier alpha value is -3.75. The number of benzene rings is 2. The molecule has 55 heavy (non-hydrogen) atoms. The molecule has 3 aliphatic heterocycles. The summed E-state index contributed by atoms with van der Waals surface area (Å²) < 4.78 is 44.8. The average Bonchev–Trinajstić information content (AvgIpc) is 3.16. The van der Waals surface area contributed by atoms with Crippen molar-refractivity contribution in [2.45, 2.75) is 92.1 Å². The fraction of sp³-hybridized carbons (Fsp3) is 0.559. The maximum Gasteiger partial charge on any atom is 0.402 e. The first kappa shape index (κ1) is 40.9. The molecule has 0 radical (unpaired) electrons. The van der Waals surface area contributed by atoms with Crippen molar-refractivity contribution in [2.75, 3.05) is 26.9 Å². The summed E-state index contributed by atoms with van der Waals surface area (Å²) in [6, 6.07) is 7.63. The summed E-state index contributed by atoms with van der Waals surface area (Å²) in [5.74, 6) is -1.20. The number of methoxy groups -OCH3 is 1. The molecule has 7 unspecified atom stereocenters. The summed E-state index contributed by atoms with van der Waals surface area (Å²) in [5, 5.41) is 135. The fourth-order valence-corrected chi connectivity index (χ4v) is 6.34. The molecule has 0 bridgehead atoms. The lowest BCUT2D eigenvalue weighted by atomic mass is 9.98. The van der Waals surface area contributed by atoms with Crippen LogP contribution in [0.3, 0.4) is 0 Å². The minimum Gasteiger partial charge on any atom is -0.507 e. The number of aliphatic hydroxyl groups is 10.